The number of sulfonamides is 1. The van der Waals surface area contributed by atoms with Crippen molar-refractivity contribution in [3.8, 4) is 0 Å². The average molecular weight is 396 g/mol. The van der Waals surface area contributed by atoms with Crippen molar-refractivity contribution in [1.29, 1.82) is 0 Å². The molecular weight excluding hydrogens is 380 g/mol. The SMILES string of the molecule is CC(C)=CCN(C(=O)C(F)(F)Br)S(=O)(=O)c1ccc(C)cc1. The molecule has 0 unspecified atom stereocenters. The highest BCUT2D eigenvalue weighted by molar-refractivity contribution is 9.10. The quantitative estimate of drug-likeness (QED) is 0.566. The van der Waals surface area contributed by atoms with Crippen LogP contribution in [-0.4, -0.2) is 30.0 Å². The van der Waals surface area contributed by atoms with Crippen LogP contribution >= 0.6 is 15.9 Å². The summed E-state index contributed by atoms with van der Waals surface area (Å²) < 4.78 is 51.6. The van der Waals surface area contributed by atoms with Crippen LogP contribution in [0.1, 0.15) is 19.4 Å². The Kier molecular flexibility index (Phi) is 5.86. The van der Waals surface area contributed by atoms with Gasteiger partial charge in [0.25, 0.3) is 10.0 Å². The van der Waals surface area contributed by atoms with E-state index in [2.05, 4.69) is 0 Å². The van der Waals surface area contributed by atoms with Crippen molar-refractivity contribution >= 4 is 31.9 Å². The molecule has 8 heteroatoms. The second kappa shape index (κ2) is 6.87. The molecule has 1 aromatic rings. The normalized spacial score (nSPS) is 11.9. The topological polar surface area (TPSA) is 54.5 Å². The summed E-state index contributed by atoms with van der Waals surface area (Å²) in [7, 11) is -4.37. The molecule has 0 fully saturated rings. The second-order valence-corrected chi connectivity index (χ2v) is 7.79. The number of alkyl halides is 3. The molecule has 22 heavy (non-hydrogen) atoms. The summed E-state index contributed by atoms with van der Waals surface area (Å²) in [4.78, 5) is 7.61. The molecule has 0 aliphatic rings. The number of carbonyl (C=O) groups is 1. The molecule has 4 nitrogen and oxygen atoms in total. The zero-order valence-corrected chi connectivity index (χ0v) is 14.7. The Balaban J connectivity index is 3.33. The number of halogens is 3. The Morgan fingerprint density at radius 1 is 1.27 bits per heavy atom. The maximum atomic E-state index is 13.2. The third-order valence-corrected chi connectivity index (χ3v) is 4.85. The summed E-state index contributed by atoms with van der Waals surface area (Å²) in [6, 6.07) is 5.62. The minimum absolute atomic E-state index is 0.166. The third-order valence-electron chi connectivity index (χ3n) is 2.74. The average Bonchev–Trinajstić information content (AvgIpc) is 2.37. The Hall–Kier alpha value is -1.28. The van der Waals surface area contributed by atoms with Crippen LogP contribution in [0, 0.1) is 6.92 Å². The molecule has 0 aliphatic carbocycles. The first-order chi connectivity index (χ1) is 9.96. The smallest absolute Gasteiger partial charge is 0.266 e. The van der Waals surface area contributed by atoms with Crippen molar-refractivity contribution in [1.82, 2.24) is 4.31 Å². The van der Waals surface area contributed by atoms with Crippen LogP contribution in [0.4, 0.5) is 8.78 Å². The minimum atomic E-state index is -4.37. The molecular formula is C14H16BrF2NO3S. The highest BCUT2D eigenvalue weighted by Crippen LogP contribution is 2.28. The molecule has 1 rings (SSSR count). The molecule has 0 heterocycles. The predicted octanol–water partition coefficient (Wildman–Crippen LogP) is 3.47. The van der Waals surface area contributed by atoms with Gasteiger partial charge >= 0.3 is 10.7 Å². The van der Waals surface area contributed by atoms with Crippen molar-refractivity contribution in [3.63, 3.8) is 0 Å². The van der Waals surface area contributed by atoms with E-state index < -0.39 is 27.3 Å². The first kappa shape index (κ1) is 18.8. The number of rotatable bonds is 5. The number of allylic oxidation sites excluding steroid dienone is 1. The highest BCUT2D eigenvalue weighted by atomic mass is 79.9. The number of nitrogens with zero attached hydrogens (tertiary/aromatic N) is 1. The fourth-order valence-electron chi connectivity index (χ4n) is 1.53. The Labute approximate surface area is 137 Å². The highest BCUT2D eigenvalue weighted by Gasteiger charge is 2.44. The van der Waals surface area contributed by atoms with Gasteiger partial charge in [0.1, 0.15) is 0 Å². The van der Waals surface area contributed by atoms with Crippen molar-refractivity contribution in [2.45, 2.75) is 30.5 Å². The van der Waals surface area contributed by atoms with Crippen LogP contribution in [0.5, 0.6) is 0 Å². The van der Waals surface area contributed by atoms with Gasteiger partial charge in [-0.05, 0) is 32.9 Å². The van der Waals surface area contributed by atoms with Crippen LogP contribution in [0.15, 0.2) is 40.8 Å². The van der Waals surface area contributed by atoms with Gasteiger partial charge in [0, 0.05) is 15.9 Å². The lowest BCUT2D eigenvalue weighted by Gasteiger charge is -2.23. The van der Waals surface area contributed by atoms with Gasteiger partial charge in [-0.25, -0.2) is 12.7 Å². The zero-order valence-electron chi connectivity index (χ0n) is 12.3. The summed E-state index contributed by atoms with van der Waals surface area (Å²) in [6.45, 7) is 4.65. The van der Waals surface area contributed by atoms with Crippen LogP contribution in [0.3, 0.4) is 0 Å². The molecule has 1 aromatic carbocycles. The van der Waals surface area contributed by atoms with Gasteiger partial charge in [-0.2, -0.15) is 8.78 Å². The largest absolute Gasteiger partial charge is 0.379 e. The van der Waals surface area contributed by atoms with E-state index in [-0.39, 0.29) is 9.20 Å². The molecule has 0 spiro atoms. The van der Waals surface area contributed by atoms with Crippen LogP contribution < -0.4 is 0 Å². The van der Waals surface area contributed by atoms with Crippen LogP contribution in [0.25, 0.3) is 0 Å². The van der Waals surface area contributed by atoms with Crippen molar-refractivity contribution in [2.75, 3.05) is 6.54 Å². The number of amides is 1. The van der Waals surface area contributed by atoms with E-state index in [0.29, 0.717) is 5.57 Å². The van der Waals surface area contributed by atoms with E-state index in [1.54, 1.807) is 20.8 Å². The summed E-state index contributed by atoms with van der Waals surface area (Å²) in [5, 5.41) is 0. The molecule has 122 valence electrons. The number of hydrogen-bond donors (Lipinski definition) is 0. The predicted molar refractivity (Wildman–Crippen MR) is 83.4 cm³/mol. The van der Waals surface area contributed by atoms with E-state index in [1.807, 2.05) is 15.9 Å². The Morgan fingerprint density at radius 2 is 1.77 bits per heavy atom. The van der Waals surface area contributed by atoms with E-state index >= 15 is 0 Å². The molecule has 0 N–H and O–H groups in total. The molecule has 1 amide bonds. The van der Waals surface area contributed by atoms with E-state index in [9.17, 15) is 22.0 Å². The molecule has 0 atom stereocenters. The number of carbonyl (C=O) groups excluding carboxylic acids is 1. The monoisotopic (exact) mass is 395 g/mol. The Bertz CT molecular complexity index is 675. The molecule has 0 saturated carbocycles. The van der Waals surface area contributed by atoms with Gasteiger partial charge < -0.3 is 0 Å². The van der Waals surface area contributed by atoms with E-state index in [4.69, 9.17) is 0 Å². The zero-order chi connectivity index (χ0) is 17.1. The number of hydrogen-bond acceptors (Lipinski definition) is 3. The van der Waals surface area contributed by atoms with Crippen molar-refractivity contribution in [2.24, 2.45) is 0 Å². The first-order valence-electron chi connectivity index (χ1n) is 6.30. The van der Waals surface area contributed by atoms with Crippen molar-refractivity contribution in [3.05, 3.63) is 41.5 Å². The van der Waals surface area contributed by atoms with Gasteiger partial charge in [-0.15, -0.1) is 0 Å². The molecule has 0 aliphatic heterocycles. The summed E-state index contributed by atoms with van der Waals surface area (Å²) in [5.74, 6) is -1.83. The summed E-state index contributed by atoms with van der Waals surface area (Å²) >= 11 is 1.92. The second-order valence-electron chi connectivity index (χ2n) is 4.93. The van der Waals surface area contributed by atoms with E-state index in [1.165, 1.54) is 30.3 Å². The van der Waals surface area contributed by atoms with Crippen molar-refractivity contribution < 1.29 is 22.0 Å². The van der Waals surface area contributed by atoms with Gasteiger partial charge in [0.05, 0.1) is 11.4 Å². The maximum absolute atomic E-state index is 13.2. The maximum Gasteiger partial charge on any atom is 0.379 e. The fraction of sp³-hybridized carbons (Fsp3) is 0.357. The van der Waals surface area contributed by atoms with Gasteiger partial charge in [0.2, 0.25) is 0 Å². The summed E-state index contributed by atoms with van der Waals surface area (Å²) in [5.41, 5.74) is 1.52. The number of benzene rings is 1. The molecule has 0 bridgehead atoms. The van der Waals surface area contributed by atoms with Crippen LogP contribution in [0.2, 0.25) is 0 Å². The lowest BCUT2D eigenvalue weighted by molar-refractivity contribution is -0.139. The van der Waals surface area contributed by atoms with Gasteiger partial charge in [-0.1, -0.05) is 29.3 Å². The summed E-state index contributed by atoms with van der Waals surface area (Å²) in [6.07, 6.45) is 1.39. The standard InChI is InChI=1S/C14H16BrF2NO3S/c1-10(2)8-9-18(13(19)14(15,16)17)22(20,21)12-6-4-11(3)5-7-12/h4-8H,9H2,1-3H3. The van der Waals surface area contributed by atoms with Gasteiger partial charge in [-0.3, -0.25) is 4.79 Å². The Morgan fingerprint density at radius 3 is 2.18 bits per heavy atom. The minimum Gasteiger partial charge on any atom is -0.266 e. The molecule has 0 saturated heterocycles. The lowest BCUT2D eigenvalue weighted by Crippen LogP contribution is -2.44. The van der Waals surface area contributed by atoms with E-state index in [0.717, 1.165) is 5.56 Å². The van der Waals surface area contributed by atoms with Gasteiger partial charge in [0.15, 0.2) is 0 Å². The molecule has 0 aromatic heterocycles. The fourth-order valence-corrected chi connectivity index (χ4v) is 3.20. The molecule has 0 radical (unpaired) electrons. The van der Waals surface area contributed by atoms with Crippen LogP contribution in [-0.2, 0) is 14.8 Å². The lowest BCUT2D eigenvalue weighted by atomic mass is 10.2. The number of aryl methyl sites for hydroxylation is 1. The third kappa shape index (κ3) is 4.61. The first-order valence-corrected chi connectivity index (χ1v) is 8.53.